The number of benzene rings is 1. The number of nitrogens with one attached hydrogen (secondary N) is 1. The van der Waals surface area contributed by atoms with Crippen molar-refractivity contribution in [1.82, 2.24) is 9.62 Å². The summed E-state index contributed by atoms with van der Waals surface area (Å²) in [6.07, 6.45) is 1.43. The topological polar surface area (TPSA) is 66.5 Å². The molecule has 1 atom stereocenters. The van der Waals surface area contributed by atoms with Crippen LogP contribution in [0.5, 0.6) is 0 Å². The SMILES string of the molecule is CC(C)NC(=O)[C@@H]1CCCN(S(=O)(=O)c2ccc(Br)cc2)C1. The Bertz CT molecular complexity index is 629. The highest BCUT2D eigenvalue weighted by atomic mass is 79.9. The van der Waals surface area contributed by atoms with Crippen molar-refractivity contribution in [3.05, 3.63) is 28.7 Å². The Balaban J connectivity index is 2.14. The number of hydrogen-bond donors (Lipinski definition) is 1. The number of halogens is 1. The van der Waals surface area contributed by atoms with E-state index in [-0.39, 0.29) is 29.3 Å². The molecule has 0 spiro atoms. The van der Waals surface area contributed by atoms with Crippen molar-refractivity contribution in [3.8, 4) is 0 Å². The average molecular weight is 389 g/mol. The van der Waals surface area contributed by atoms with E-state index in [4.69, 9.17) is 0 Å². The van der Waals surface area contributed by atoms with E-state index in [1.54, 1.807) is 24.3 Å². The van der Waals surface area contributed by atoms with E-state index in [1.807, 2.05) is 13.8 Å². The molecule has 1 aliphatic rings. The molecule has 0 aromatic heterocycles. The molecule has 0 aliphatic carbocycles. The maximum absolute atomic E-state index is 12.7. The summed E-state index contributed by atoms with van der Waals surface area (Å²) in [6.45, 7) is 4.51. The summed E-state index contributed by atoms with van der Waals surface area (Å²) in [5.74, 6) is -0.341. The number of sulfonamides is 1. The van der Waals surface area contributed by atoms with Crippen LogP contribution in [0.2, 0.25) is 0 Å². The van der Waals surface area contributed by atoms with E-state index in [0.29, 0.717) is 13.0 Å². The van der Waals surface area contributed by atoms with Crippen LogP contribution in [0.25, 0.3) is 0 Å². The van der Waals surface area contributed by atoms with Crippen LogP contribution in [0.15, 0.2) is 33.6 Å². The Kier molecular flexibility index (Phi) is 5.63. The van der Waals surface area contributed by atoms with Gasteiger partial charge in [-0.05, 0) is 51.0 Å². The first-order valence-corrected chi connectivity index (χ1v) is 9.60. The zero-order chi connectivity index (χ0) is 16.3. The van der Waals surface area contributed by atoms with Gasteiger partial charge in [-0.25, -0.2) is 8.42 Å². The Morgan fingerprint density at radius 2 is 1.95 bits per heavy atom. The summed E-state index contributed by atoms with van der Waals surface area (Å²) in [5.41, 5.74) is 0. The van der Waals surface area contributed by atoms with Gasteiger partial charge in [-0.15, -0.1) is 0 Å². The fourth-order valence-electron chi connectivity index (χ4n) is 2.53. The van der Waals surface area contributed by atoms with Gasteiger partial charge in [0.15, 0.2) is 0 Å². The van der Waals surface area contributed by atoms with Crippen LogP contribution in [0.4, 0.5) is 0 Å². The maximum atomic E-state index is 12.7. The first kappa shape index (κ1) is 17.4. The van der Waals surface area contributed by atoms with Crippen LogP contribution in [0.1, 0.15) is 26.7 Å². The van der Waals surface area contributed by atoms with E-state index >= 15 is 0 Å². The molecule has 1 aromatic rings. The Hall–Kier alpha value is -0.920. The summed E-state index contributed by atoms with van der Waals surface area (Å²) in [6, 6.07) is 6.64. The quantitative estimate of drug-likeness (QED) is 0.860. The van der Waals surface area contributed by atoms with Gasteiger partial charge in [0.1, 0.15) is 0 Å². The lowest BCUT2D eigenvalue weighted by Gasteiger charge is -2.31. The Labute approximate surface area is 140 Å². The van der Waals surface area contributed by atoms with Crippen LogP contribution in [-0.4, -0.2) is 37.8 Å². The molecule has 2 rings (SSSR count). The molecule has 0 unspecified atom stereocenters. The van der Waals surface area contributed by atoms with Gasteiger partial charge in [0.05, 0.1) is 10.8 Å². The number of amides is 1. The molecule has 1 saturated heterocycles. The monoisotopic (exact) mass is 388 g/mol. The molecule has 1 aromatic carbocycles. The molecule has 1 heterocycles. The van der Waals surface area contributed by atoms with Crippen LogP contribution in [0, 0.1) is 5.92 Å². The molecule has 7 heteroatoms. The molecule has 5 nitrogen and oxygen atoms in total. The summed E-state index contributed by atoms with van der Waals surface area (Å²) >= 11 is 3.30. The molecule has 1 aliphatic heterocycles. The summed E-state index contributed by atoms with van der Waals surface area (Å²) in [4.78, 5) is 12.4. The van der Waals surface area contributed by atoms with Crippen molar-refractivity contribution in [2.45, 2.75) is 37.6 Å². The fourth-order valence-corrected chi connectivity index (χ4v) is 4.32. The highest BCUT2D eigenvalue weighted by Gasteiger charge is 2.33. The number of carbonyl (C=O) groups excluding carboxylic acids is 1. The Morgan fingerprint density at radius 1 is 1.32 bits per heavy atom. The van der Waals surface area contributed by atoms with Gasteiger partial charge in [0, 0.05) is 23.6 Å². The van der Waals surface area contributed by atoms with Crippen molar-refractivity contribution in [2.24, 2.45) is 5.92 Å². The van der Waals surface area contributed by atoms with Gasteiger partial charge < -0.3 is 5.32 Å². The summed E-state index contributed by atoms with van der Waals surface area (Å²) < 4.78 is 27.6. The van der Waals surface area contributed by atoms with Gasteiger partial charge in [-0.3, -0.25) is 4.79 Å². The van der Waals surface area contributed by atoms with Gasteiger partial charge in [0.25, 0.3) is 0 Å². The minimum Gasteiger partial charge on any atom is -0.354 e. The lowest BCUT2D eigenvalue weighted by molar-refractivity contribution is -0.126. The predicted molar refractivity (Wildman–Crippen MR) is 88.9 cm³/mol. The van der Waals surface area contributed by atoms with Gasteiger partial charge in [-0.1, -0.05) is 15.9 Å². The van der Waals surface area contributed by atoms with Crippen LogP contribution in [-0.2, 0) is 14.8 Å². The predicted octanol–water partition coefficient (Wildman–Crippen LogP) is 2.37. The largest absolute Gasteiger partial charge is 0.354 e. The van der Waals surface area contributed by atoms with E-state index in [0.717, 1.165) is 10.9 Å². The zero-order valence-corrected chi connectivity index (χ0v) is 15.2. The molecule has 0 radical (unpaired) electrons. The third-order valence-electron chi connectivity index (χ3n) is 3.64. The molecule has 22 heavy (non-hydrogen) atoms. The van der Waals surface area contributed by atoms with Crippen molar-refractivity contribution in [1.29, 1.82) is 0 Å². The summed E-state index contributed by atoms with van der Waals surface area (Å²) in [5, 5.41) is 2.87. The molecular weight excluding hydrogens is 368 g/mol. The third kappa shape index (κ3) is 4.08. The third-order valence-corrected chi connectivity index (χ3v) is 6.05. The minimum atomic E-state index is -3.54. The second kappa shape index (κ2) is 7.10. The van der Waals surface area contributed by atoms with E-state index < -0.39 is 10.0 Å². The summed E-state index contributed by atoms with van der Waals surface area (Å²) in [7, 11) is -3.54. The molecular formula is C15H21BrN2O3S. The number of nitrogens with zero attached hydrogens (tertiary/aromatic N) is 1. The lowest BCUT2D eigenvalue weighted by atomic mass is 9.98. The highest BCUT2D eigenvalue weighted by Crippen LogP contribution is 2.25. The normalized spacial score (nSPS) is 20.1. The zero-order valence-electron chi connectivity index (χ0n) is 12.8. The second-order valence-corrected chi connectivity index (χ2v) is 8.67. The minimum absolute atomic E-state index is 0.0611. The molecule has 122 valence electrons. The highest BCUT2D eigenvalue weighted by molar-refractivity contribution is 9.10. The number of piperidine rings is 1. The van der Waals surface area contributed by atoms with Crippen molar-refractivity contribution >= 4 is 31.9 Å². The molecule has 1 amide bonds. The van der Waals surface area contributed by atoms with E-state index in [2.05, 4.69) is 21.2 Å². The number of rotatable bonds is 4. The van der Waals surface area contributed by atoms with E-state index in [1.165, 1.54) is 4.31 Å². The van der Waals surface area contributed by atoms with Crippen molar-refractivity contribution in [2.75, 3.05) is 13.1 Å². The Morgan fingerprint density at radius 3 is 2.55 bits per heavy atom. The molecule has 0 saturated carbocycles. The number of hydrogen-bond acceptors (Lipinski definition) is 3. The van der Waals surface area contributed by atoms with Gasteiger partial charge in [-0.2, -0.15) is 4.31 Å². The average Bonchev–Trinajstić information content (AvgIpc) is 2.47. The van der Waals surface area contributed by atoms with Gasteiger partial charge >= 0.3 is 0 Å². The lowest BCUT2D eigenvalue weighted by Crippen LogP contribution is -2.46. The second-order valence-electron chi connectivity index (χ2n) is 5.82. The smallest absolute Gasteiger partial charge is 0.243 e. The van der Waals surface area contributed by atoms with E-state index in [9.17, 15) is 13.2 Å². The molecule has 1 N–H and O–H groups in total. The maximum Gasteiger partial charge on any atom is 0.243 e. The first-order valence-electron chi connectivity index (χ1n) is 7.37. The molecule has 1 fully saturated rings. The van der Waals surface area contributed by atoms with Crippen LogP contribution < -0.4 is 5.32 Å². The standard InChI is InChI=1S/C15H21BrN2O3S/c1-11(2)17-15(19)12-4-3-9-18(10-12)22(20,21)14-7-5-13(16)6-8-14/h5-8,11-12H,3-4,9-10H2,1-2H3,(H,17,19)/t12-/m1/s1. The van der Waals surface area contributed by atoms with Gasteiger partial charge in [0.2, 0.25) is 15.9 Å². The number of carbonyl (C=O) groups is 1. The fraction of sp³-hybridized carbons (Fsp3) is 0.533. The first-order chi connectivity index (χ1) is 10.3. The molecule has 0 bridgehead atoms. The van der Waals surface area contributed by atoms with Crippen molar-refractivity contribution in [3.63, 3.8) is 0 Å². The van der Waals surface area contributed by atoms with Crippen LogP contribution in [0.3, 0.4) is 0 Å². The van der Waals surface area contributed by atoms with Crippen molar-refractivity contribution < 1.29 is 13.2 Å². The van der Waals surface area contributed by atoms with Crippen LogP contribution >= 0.6 is 15.9 Å².